The second-order valence-electron chi connectivity index (χ2n) is 4.98. The molecule has 0 aliphatic rings. The summed E-state index contributed by atoms with van der Waals surface area (Å²) in [5.41, 5.74) is -0.905. The Morgan fingerprint density at radius 1 is 0.542 bits per heavy atom. The van der Waals surface area contributed by atoms with E-state index in [1.165, 1.54) is 12.1 Å². The molecule has 0 saturated heterocycles. The van der Waals surface area contributed by atoms with Gasteiger partial charge in [0.05, 0.1) is 5.56 Å². The standard InChI is InChI=1S/C18H10F5P/c19-14-13(15(20)17(22)18(23)16(14)21)11-8-4-5-9-12(11)24-10-6-2-1-3-7-10/h1-9,24H. The second kappa shape index (κ2) is 6.70. The maximum Gasteiger partial charge on any atom is 0.200 e. The van der Waals surface area contributed by atoms with Crippen molar-refractivity contribution in [2.75, 3.05) is 0 Å². The van der Waals surface area contributed by atoms with E-state index in [2.05, 4.69) is 0 Å². The Bertz CT molecular complexity index is 864. The SMILES string of the molecule is Fc1c(F)c(F)c(-c2ccccc2Pc2ccccc2)c(F)c1F. The smallest absolute Gasteiger partial charge is 0.200 e. The molecular formula is C18H10F5P. The molecule has 0 bridgehead atoms. The van der Waals surface area contributed by atoms with Gasteiger partial charge in [-0.3, -0.25) is 0 Å². The Morgan fingerprint density at radius 2 is 1.04 bits per heavy atom. The van der Waals surface area contributed by atoms with Crippen molar-refractivity contribution >= 4 is 19.2 Å². The molecule has 0 amide bonds. The average molecular weight is 352 g/mol. The van der Waals surface area contributed by atoms with Crippen LogP contribution in [0.25, 0.3) is 11.1 Å². The first-order valence-corrected chi connectivity index (χ1v) is 7.93. The van der Waals surface area contributed by atoms with Gasteiger partial charge in [-0.2, -0.15) is 0 Å². The Hall–Kier alpha value is -2.26. The quantitative estimate of drug-likeness (QED) is 0.278. The summed E-state index contributed by atoms with van der Waals surface area (Å²) in [5, 5.41) is 1.38. The van der Waals surface area contributed by atoms with Gasteiger partial charge in [0.1, 0.15) is 0 Å². The van der Waals surface area contributed by atoms with Crippen molar-refractivity contribution in [2.45, 2.75) is 0 Å². The predicted molar refractivity (Wildman–Crippen MR) is 85.7 cm³/mol. The lowest BCUT2D eigenvalue weighted by Gasteiger charge is -2.13. The first kappa shape index (κ1) is 16.6. The van der Waals surface area contributed by atoms with Crippen LogP contribution in [0.3, 0.4) is 0 Å². The van der Waals surface area contributed by atoms with Crippen LogP contribution in [0.1, 0.15) is 0 Å². The van der Waals surface area contributed by atoms with E-state index in [0.29, 0.717) is 5.30 Å². The largest absolute Gasteiger partial charge is 0.203 e. The summed E-state index contributed by atoms with van der Waals surface area (Å²) in [5.74, 6) is -9.69. The van der Waals surface area contributed by atoms with Gasteiger partial charge in [0.15, 0.2) is 23.3 Å². The lowest BCUT2D eigenvalue weighted by molar-refractivity contribution is 0.381. The summed E-state index contributed by atoms with van der Waals surface area (Å²) in [6.07, 6.45) is 0. The van der Waals surface area contributed by atoms with Crippen molar-refractivity contribution in [3.63, 3.8) is 0 Å². The van der Waals surface area contributed by atoms with E-state index >= 15 is 0 Å². The summed E-state index contributed by atoms with van der Waals surface area (Å²) in [7, 11) is 0.0127. The van der Waals surface area contributed by atoms with Crippen LogP contribution in [0.4, 0.5) is 22.0 Å². The highest BCUT2D eigenvalue weighted by atomic mass is 31.1. The van der Waals surface area contributed by atoms with Gasteiger partial charge in [-0.1, -0.05) is 63.2 Å². The van der Waals surface area contributed by atoms with Crippen molar-refractivity contribution in [1.82, 2.24) is 0 Å². The Balaban J connectivity index is 2.18. The van der Waals surface area contributed by atoms with Gasteiger partial charge >= 0.3 is 0 Å². The van der Waals surface area contributed by atoms with Crippen molar-refractivity contribution in [3.05, 3.63) is 83.7 Å². The number of hydrogen-bond acceptors (Lipinski definition) is 0. The summed E-state index contributed by atoms with van der Waals surface area (Å²) in [4.78, 5) is 0. The van der Waals surface area contributed by atoms with E-state index in [0.717, 1.165) is 5.30 Å². The van der Waals surface area contributed by atoms with Crippen LogP contribution < -0.4 is 10.6 Å². The Labute approximate surface area is 136 Å². The number of rotatable bonds is 3. The van der Waals surface area contributed by atoms with Crippen LogP contribution in [0.15, 0.2) is 54.6 Å². The fraction of sp³-hybridized carbons (Fsp3) is 0. The lowest BCUT2D eigenvalue weighted by Crippen LogP contribution is -2.11. The molecule has 0 heterocycles. The van der Waals surface area contributed by atoms with Gasteiger partial charge in [0, 0.05) is 0 Å². The molecular weight excluding hydrogens is 342 g/mol. The molecule has 0 aliphatic carbocycles. The van der Waals surface area contributed by atoms with E-state index in [1.807, 2.05) is 30.3 Å². The molecule has 0 radical (unpaired) electrons. The first-order valence-electron chi connectivity index (χ1n) is 6.93. The van der Waals surface area contributed by atoms with E-state index in [-0.39, 0.29) is 14.1 Å². The van der Waals surface area contributed by atoms with Gasteiger partial charge in [-0.15, -0.1) is 0 Å². The lowest BCUT2D eigenvalue weighted by atomic mass is 10.0. The maximum absolute atomic E-state index is 14.1. The van der Waals surface area contributed by atoms with Gasteiger partial charge in [0.25, 0.3) is 0 Å². The summed E-state index contributed by atoms with van der Waals surface area (Å²) in [6, 6.07) is 15.2. The zero-order chi connectivity index (χ0) is 17.3. The van der Waals surface area contributed by atoms with Crippen molar-refractivity contribution in [3.8, 4) is 11.1 Å². The summed E-state index contributed by atoms with van der Waals surface area (Å²) >= 11 is 0. The van der Waals surface area contributed by atoms with Gasteiger partial charge < -0.3 is 0 Å². The van der Waals surface area contributed by atoms with E-state index < -0.39 is 34.6 Å². The fourth-order valence-corrected chi connectivity index (χ4v) is 3.52. The molecule has 3 aromatic carbocycles. The minimum Gasteiger partial charge on any atom is -0.203 e. The molecule has 0 nitrogen and oxygen atoms in total. The van der Waals surface area contributed by atoms with Crippen LogP contribution >= 0.6 is 8.58 Å². The third-order valence-corrected chi connectivity index (χ3v) is 4.79. The summed E-state index contributed by atoms with van der Waals surface area (Å²) < 4.78 is 68.4. The van der Waals surface area contributed by atoms with Crippen LogP contribution in [0, 0.1) is 29.1 Å². The molecule has 0 fully saturated rings. The van der Waals surface area contributed by atoms with E-state index in [1.54, 1.807) is 12.1 Å². The molecule has 24 heavy (non-hydrogen) atoms. The number of benzene rings is 3. The average Bonchev–Trinajstić information content (AvgIpc) is 2.61. The maximum atomic E-state index is 14.1. The monoisotopic (exact) mass is 352 g/mol. The second-order valence-corrected chi connectivity index (χ2v) is 6.35. The highest BCUT2D eigenvalue weighted by Crippen LogP contribution is 2.32. The van der Waals surface area contributed by atoms with Crippen molar-refractivity contribution in [2.24, 2.45) is 0 Å². The van der Waals surface area contributed by atoms with Crippen LogP contribution in [0.5, 0.6) is 0 Å². The first-order chi connectivity index (χ1) is 11.5. The minimum absolute atomic E-state index is 0.00696. The zero-order valence-electron chi connectivity index (χ0n) is 12.1. The van der Waals surface area contributed by atoms with Crippen LogP contribution in [-0.4, -0.2) is 0 Å². The third kappa shape index (κ3) is 2.92. The van der Waals surface area contributed by atoms with E-state index in [9.17, 15) is 22.0 Å². The normalized spacial score (nSPS) is 11.4. The van der Waals surface area contributed by atoms with Crippen LogP contribution in [0.2, 0.25) is 0 Å². The van der Waals surface area contributed by atoms with Crippen LogP contribution in [-0.2, 0) is 0 Å². The molecule has 1 atom stereocenters. The molecule has 0 spiro atoms. The third-order valence-electron chi connectivity index (χ3n) is 3.46. The Morgan fingerprint density at radius 3 is 1.67 bits per heavy atom. The minimum atomic E-state index is -2.16. The Kier molecular flexibility index (Phi) is 4.63. The molecule has 3 rings (SSSR count). The topological polar surface area (TPSA) is 0 Å². The zero-order valence-corrected chi connectivity index (χ0v) is 13.1. The van der Waals surface area contributed by atoms with Crippen molar-refractivity contribution < 1.29 is 22.0 Å². The predicted octanol–water partition coefficient (Wildman–Crippen LogP) is 4.68. The summed E-state index contributed by atoms with van der Waals surface area (Å²) in [6.45, 7) is 0. The molecule has 122 valence electrons. The molecule has 6 heteroatoms. The van der Waals surface area contributed by atoms with E-state index in [4.69, 9.17) is 0 Å². The van der Waals surface area contributed by atoms with Gasteiger partial charge in [-0.25, -0.2) is 22.0 Å². The van der Waals surface area contributed by atoms with Gasteiger partial charge in [0.2, 0.25) is 5.82 Å². The highest BCUT2D eigenvalue weighted by molar-refractivity contribution is 7.55. The number of hydrogen-bond donors (Lipinski definition) is 0. The fourth-order valence-electron chi connectivity index (χ4n) is 2.33. The number of halogens is 5. The molecule has 0 saturated carbocycles. The molecule has 0 N–H and O–H groups in total. The highest BCUT2D eigenvalue weighted by Gasteiger charge is 2.27. The molecule has 1 unspecified atom stereocenters. The van der Waals surface area contributed by atoms with Gasteiger partial charge in [-0.05, 0) is 16.2 Å². The van der Waals surface area contributed by atoms with Crippen molar-refractivity contribution in [1.29, 1.82) is 0 Å². The molecule has 0 aromatic heterocycles. The molecule has 0 aliphatic heterocycles. The molecule has 3 aromatic rings.